The third kappa shape index (κ3) is 13.0. The van der Waals surface area contributed by atoms with E-state index in [0.29, 0.717) is 37.2 Å². The zero-order chi connectivity index (χ0) is 37.3. The number of halogens is 1. The van der Waals surface area contributed by atoms with Crippen LogP contribution >= 0.6 is 11.6 Å². The minimum absolute atomic E-state index is 0.00730. The lowest BCUT2D eigenvalue weighted by Crippen LogP contribution is -2.60. The number of nitrogen functional groups attached to an aromatic ring is 2. The highest BCUT2D eigenvalue weighted by atomic mass is 35.5. The van der Waals surface area contributed by atoms with Crippen LogP contribution in [0.25, 0.3) is 0 Å². The van der Waals surface area contributed by atoms with Gasteiger partial charge in [0, 0.05) is 38.9 Å². The molecule has 1 amide bonds. The van der Waals surface area contributed by atoms with Crippen LogP contribution in [0.1, 0.15) is 73.0 Å². The molecule has 14 heteroatoms. The number of nitrogens with zero attached hydrogens (tertiary/aromatic N) is 3. The number of aliphatic hydroxyl groups is 2. The first-order valence-electron chi connectivity index (χ1n) is 18.0. The maximum Gasteiger partial charge on any atom is 0.274 e. The molecule has 0 spiro atoms. The molecule has 0 unspecified atom stereocenters. The number of benzene rings is 2. The van der Waals surface area contributed by atoms with E-state index in [1.807, 2.05) is 48.5 Å². The van der Waals surface area contributed by atoms with Gasteiger partial charge in [0.05, 0.1) is 32.2 Å². The number of aryl methyl sites for hydroxylation is 2. The van der Waals surface area contributed by atoms with Gasteiger partial charge >= 0.3 is 0 Å². The van der Waals surface area contributed by atoms with Crippen LogP contribution in [0.2, 0.25) is 5.15 Å². The molecule has 0 bridgehead atoms. The van der Waals surface area contributed by atoms with Gasteiger partial charge in [0.15, 0.2) is 34.0 Å². The van der Waals surface area contributed by atoms with Crippen molar-refractivity contribution >= 4 is 40.7 Å². The zero-order valence-corrected chi connectivity index (χ0v) is 30.5. The molecular formula is C38H52ClN6O7+. The molecule has 1 atom stereocenters. The van der Waals surface area contributed by atoms with E-state index in [-0.39, 0.29) is 66.5 Å². The Balaban J connectivity index is 1.36. The maximum atomic E-state index is 13.2. The molecule has 1 aliphatic rings. The Morgan fingerprint density at radius 2 is 1.31 bits per heavy atom. The van der Waals surface area contributed by atoms with Crippen molar-refractivity contribution in [3.05, 3.63) is 70.5 Å². The van der Waals surface area contributed by atoms with Crippen LogP contribution in [-0.2, 0) is 22.4 Å². The molecule has 3 aromatic rings. The van der Waals surface area contributed by atoms with Gasteiger partial charge in [-0.05, 0) is 73.9 Å². The van der Waals surface area contributed by atoms with E-state index in [2.05, 4.69) is 15.3 Å². The predicted octanol–water partition coefficient (Wildman–Crippen LogP) is 3.71. The standard InChI is InChI=1S/C38H51ClN6O7/c39-35-37(41)44-36(40)34(43-35)38(50)42-29-8-3-21-45(24-29,19-1-6-27-11-15-32(16-12-27)51-25-30(48)9-4-22-46)20-2-7-28-13-17-33(18-14-28)52-26-31(49)10-5-23-47/h11-18,29,46-47H,1-10,19-26H2,(H4-,40,41,42,44,50)/p+1/t29-/m0/s1. The van der Waals surface area contributed by atoms with Gasteiger partial charge in [0.25, 0.3) is 5.91 Å². The largest absolute Gasteiger partial charge is 0.486 e. The van der Waals surface area contributed by atoms with Crippen molar-refractivity contribution in [1.82, 2.24) is 15.3 Å². The Bertz CT molecular complexity index is 1530. The number of Topliss-reactive ketones (excluding diaryl/α,β-unsaturated/α-hetero) is 2. The Labute approximate surface area is 310 Å². The Morgan fingerprint density at radius 1 is 0.788 bits per heavy atom. The molecule has 4 rings (SSSR count). The molecule has 1 fully saturated rings. The summed E-state index contributed by atoms with van der Waals surface area (Å²) in [6.07, 6.45) is 6.87. The number of ketones is 2. The lowest BCUT2D eigenvalue weighted by Gasteiger charge is -2.45. The van der Waals surface area contributed by atoms with E-state index >= 15 is 0 Å². The van der Waals surface area contributed by atoms with Crippen LogP contribution < -0.4 is 26.3 Å². The Kier molecular flexibility index (Phi) is 16.1. The highest BCUT2D eigenvalue weighted by molar-refractivity contribution is 6.31. The third-order valence-electron chi connectivity index (χ3n) is 9.32. The molecule has 1 aromatic heterocycles. The number of likely N-dealkylation sites (tertiary alicyclic amines) is 1. The van der Waals surface area contributed by atoms with Crippen molar-refractivity contribution in [2.75, 3.05) is 64.1 Å². The van der Waals surface area contributed by atoms with Crippen molar-refractivity contribution in [3.63, 3.8) is 0 Å². The molecular weight excluding hydrogens is 688 g/mol. The molecule has 7 N–H and O–H groups in total. The summed E-state index contributed by atoms with van der Waals surface area (Å²) in [5.41, 5.74) is 14.0. The Morgan fingerprint density at radius 3 is 1.81 bits per heavy atom. The number of aromatic nitrogens is 2. The smallest absolute Gasteiger partial charge is 0.274 e. The van der Waals surface area contributed by atoms with Gasteiger partial charge in [-0.25, -0.2) is 9.97 Å². The summed E-state index contributed by atoms with van der Waals surface area (Å²) in [6, 6.07) is 15.6. The summed E-state index contributed by atoms with van der Waals surface area (Å²) < 4.78 is 12.1. The minimum atomic E-state index is -0.424. The summed E-state index contributed by atoms with van der Waals surface area (Å²) in [4.78, 5) is 45.1. The van der Waals surface area contributed by atoms with Gasteiger partial charge in [-0.15, -0.1) is 0 Å². The molecule has 0 radical (unpaired) electrons. The summed E-state index contributed by atoms with van der Waals surface area (Å²) in [5.74, 6) is 0.680. The Hall–Kier alpha value is -4.30. The first kappa shape index (κ1) is 40.5. The number of quaternary nitrogens is 1. The molecule has 52 heavy (non-hydrogen) atoms. The number of rotatable bonds is 22. The van der Waals surface area contributed by atoms with Crippen molar-refractivity contribution < 1.29 is 38.6 Å². The number of hydrogen-bond donors (Lipinski definition) is 5. The first-order chi connectivity index (χ1) is 25.1. The molecule has 282 valence electrons. The van der Waals surface area contributed by atoms with Crippen LogP contribution in [-0.4, -0.2) is 101 Å². The minimum Gasteiger partial charge on any atom is -0.486 e. The van der Waals surface area contributed by atoms with Crippen molar-refractivity contribution in [2.24, 2.45) is 0 Å². The fourth-order valence-corrected chi connectivity index (χ4v) is 6.71. The number of carbonyl (C=O) groups is 3. The molecule has 1 saturated heterocycles. The van der Waals surface area contributed by atoms with Gasteiger partial charge in [0.2, 0.25) is 0 Å². The number of hydrogen-bond acceptors (Lipinski definition) is 11. The average Bonchev–Trinajstić information content (AvgIpc) is 3.14. The van der Waals surface area contributed by atoms with Gasteiger partial charge < -0.3 is 41.0 Å². The normalized spacial score (nSPS) is 15.2. The second kappa shape index (κ2) is 20.7. The fraction of sp³-hybridized carbons (Fsp3) is 0.500. The van der Waals surface area contributed by atoms with E-state index in [1.54, 1.807) is 0 Å². The molecule has 2 heterocycles. The number of aliphatic hydroxyl groups excluding tert-OH is 2. The molecule has 13 nitrogen and oxygen atoms in total. The highest BCUT2D eigenvalue weighted by Crippen LogP contribution is 2.25. The van der Waals surface area contributed by atoms with Crippen LogP contribution in [0.5, 0.6) is 11.5 Å². The number of nitrogens with one attached hydrogen (secondary N) is 1. The third-order valence-corrected chi connectivity index (χ3v) is 9.60. The molecule has 2 aromatic carbocycles. The molecule has 0 saturated carbocycles. The van der Waals surface area contributed by atoms with Crippen molar-refractivity contribution in [1.29, 1.82) is 0 Å². The van der Waals surface area contributed by atoms with Crippen molar-refractivity contribution in [3.8, 4) is 11.5 Å². The zero-order valence-electron chi connectivity index (χ0n) is 29.7. The van der Waals surface area contributed by atoms with Gasteiger partial charge in [-0.1, -0.05) is 35.9 Å². The molecule has 0 aliphatic carbocycles. The maximum absolute atomic E-state index is 13.2. The topological polar surface area (TPSA) is 200 Å². The number of amides is 1. The average molecular weight is 740 g/mol. The highest BCUT2D eigenvalue weighted by Gasteiger charge is 2.35. The van der Waals surface area contributed by atoms with Crippen LogP contribution in [0.4, 0.5) is 11.6 Å². The molecule has 1 aliphatic heterocycles. The summed E-state index contributed by atoms with van der Waals surface area (Å²) in [6.45, 7) is 3.57. The number of ether oxygens (including phenoxy) is 2. The van der Waals surface area contributed by atoms with E-state index in [0.717, 1.165) is 69.2 Å². The van der Waals surface area contributed by atoms with E-state index in [9.17, 15) is 14.4 Å². The fourth-order valence-electron chi connectivity index (χ4n) is 6.59. The van der Waals surface area contributed by atoms with Gasteiger partial charge in [-0.3, -0.25) is 14.4 Å². The number of piperidine rings is 1. The van der Waals surface area contributed by atoms with Crippen LogP contribution in [0, 0.1) is 0 Å². The second-order valence-electron chi connectivity index (χ2n) is 13.4. The SMILES string of the molecule is Nc1nc(N)c(C(=O)N[C@H]2CCC[N+](CCCc3ccc(OCC(=O)CCCO)cc3)(CCCc3ccc(OCC(=O)CCCO)cc3)C2)nc1Cl. The lowest BCUT2D eigenvalue weighted by atomic mass is 9.99. The van der Waals surface area contributed by atoms with Crippen molar-refractivity contribution in [2.45, 2.75) is 70.3 Å². The quantitative estimate of drug-likeness (QED) is 0.0942. The summed E-state index contributed by atoms with van der Waals surface area (Å²) in [5, 5.41) is 20.9. The monoisotopic (exact) mass is 739 g/mol. The first-order valence-corrected chi connectivity index (χ1v) is 18.4. The van der Waals surface area contributed by atoms with E-state index in [4.69, 9.17) is 42.8 Å². The van der Waals surface area contributed by atoms with Gasteiger partial charge in [-0.2, -0.15) is 0 Å². The lowest BCUT2D eigenvalue weighted by molar-refractivity contribution is -0.933. The van der Waals surface area contributed by atoms with Gasteiger partial charge in [0.1, 0.15) is 24.7 Å². The predicted molar refractivity (Wildman–Crippen MR) is 199 cm³/mol. The summed E-state index contributed by atoms with van der Waals surface area (Å²) in [7, 11) is 0. The van der Waals surface area contributed by atoms with E-state index < -0.39 is 5.91 Å². The number of nitrogens with two attached hydrogens (primary N) is 2. The van der Waals surface area contributed by atoms with E-state index in [1.165, 1.54) is 11.1 Å². The van der Waals surface area contributed by atoms with Crippen LogP contribution in [0.3, 0.4) is 0 Å². The number of anilines is 2. The summed E-state index contributed by atoms with van der Waals surface area (Å²) >= 11 is 6.05. The number of carbonyl (C=O) groups excluding carboxylic acids is 3. The second-order valence-corrected chi connectivity index (χ2v) is 13.8. The van der Waals surface area contributed by atoms with Crippen LogP contribution in [0.15, 0.2) is 48.5 Å².